The van der Waals surface area contributed by atoms with Gasteiger partial charge in [-0.1, -0.05) is 0 Å². The third-order valence-corrected chi connectivity index (χ3v) is 4.36. The average Bonchev–Trinajstić information content (AvgIpc) is 2.85. The molecule has 1 aromatic heterocycles. The quantitative estimate of drug-likeness (QED) is 0.853. The minimum Gasteiger partial charge on any atom is -0.333 e. The molecule has 3 rings (SSSR count). The maximum atomic E-state index is 12.5. The lowest BCUT2D eigenvalue weighted by Crippen LogP contribution is -2.52. The molecule has 0 aliphatic carbocycles. The molecule has 1 amide bonds. The fraction of sp³-hybridized carbons (Fsp3) is 0.357. The second kappa shape index (κ2) is 4.71. The molecule has 1 N–H and O–H groups in total. The Labute approximate surface area is 110 Å². The Morgan fingerprint density at radius 1 is 1.44 bits per heavy atom. The van der Waals surface area contributed by atoms with E-state index in [4.69, 9.17) is 0 Å². The van der Waals surface area contributed by atoms with Crippen LogP contribution in [0.25, 0.3) is 10.1 Å². The van der Waals surface area contributed by atoms with Gasteiger partial charge in [-0.3, -0.25) is 4.79 Å². The van der Waals surface area contributed by atoms with Gasteiger partial charge in [-0.15, -0.1) is 11.3 Å². The number of hydrogen-bond acceptors (Lipinski definition) is 3. The maximum absolute atomic E-state index is 12.5. The molecule has 2 aromatic rings. The molecule has 3 nitrogen and oxygen atoms in total. The van der Waals surface area contributed by atoms with E-state index in [-0.39, 0.29) is 11.9 Å². The van der Waals surface area contributed by atoms with Gasteiger partial charge in [0, 0.05) is 35.9 Å². The van der Waals surface area contributed by atoms with Crippen LogP contribution in [0.4, 0.5) is 0 Å². The zero-order valence-electron chi connectivity index (χ0n) is 10.3. The van der Waals surface area contributed by atoms with Crippen LogP contribution in [-0.2, 0) is 0 Å². The number of fused-ring (bicyclic) bond motifs is 1. The number of nitrogens with zero attached hydrogens (tertiary/aromatic N) is 1. The van der Waals surface area contributed by atoms with E-state index >= 15 is 0 Å². The number of carbonyl (C=O) groups excluding carboxylic acids is 1. The summed E-state index contributed by atoms with van der Waals surface area (Å²) in [4.78, 5) is 14.4. The topological polar surface area (TPSA) is 32.3 Å². The van der Waals surface area contributed by atoms with Gasteiger partial charge in [0.05, 0.1) is 0 Å². The molecule has 18 heavy (non-hydrogen) atoms. The molecule has 2 heterocycles. The summed E-state index contributed by atoms with van der Waals surface area (Å²) in [6, 6.07) is 8.32. The SMILES string of the molecule is CC1CNCCN1C(=O)c1ccc2sccc2c1. The monoisotopic (exact) mass is 260 g/mol. The van der Waals surface area contributed by atoms with Gasteiger partial charge >= 0.3 is 0 Å². The summed E-state index contributed by atoms with van der Waals surface area (Å²) in [6.45, 7) is 4.65. The minimum atomic E-state index is 0.150. The Kier molecular flexibility index (Phi) is 3.06. The lowest BCUT2D eigenvalue weighted by molar-refractivity contribution is 0.0656. The number of benzene rings is 1. The standard InChI is InChI=1S/C14H16N2OS/c1-10-9-15-5-6-16(10)14(17)12-2-3-13-11(8-12)4-7-18-13/h2-4,7-8,10,15H,5-6,9H2,1H3. The third-order valence-electron chi connectivity index (χ3n) is 3.46. The molecular formula is C14H16N2OS. The average molecular weight is 260 g/mol. The Balaban J connectivity index is 1.90. The molecule has 0 spiro atoms. The fourth-order valence-electron chi connectivity index (χ4n) is 2.41. The van der Waals surface area contributed by atoms with Crippen LogP contribution in [0.15, 0.2) is 29.6 Å². The van der Waals surface area contributed by atoms with Gasteiger partial charge in [-0.2, -0.15) is 0 Å². The number of rotatable bonds is 1. The molecule has 1 unspecified atom stereocenters. The Morgan fingerprint density at radius 2 is 2.33 bits per heavy atom. The second-order valence-electron chi connectivity index (χ2n) is 4.72. The lowest BCUT2D eigenvalue weighted by Gasteiger charge is -2.34. The summed E-state index contributed by atoms with van der Waals surface area (Å²) < 4.78 is 1.24. The van der Waals surface area contributed by atoms with Gasteiger partial charge in [0.25, 0.3) is 5.91 Å². The summed E-state index contributed by atoms with van der Waals surface area (Å²) in [6.07, 6.45) is 0. The summed E-state index contributed by atoms with van der Waals surface area (Å²) in [5.74, 6) is 0.150. The summed E-state index contributed by atoms with van der Waals surface area (Å²) in [7, 11) is 0. The molecule has 1 aliphatic rings. The van der Waals surface area contributed by atoms with Crippen molar-refractivity contribution in [3.8, 4) is 0 Å². The number of carbonyl (C=O) groups is 1. The normalized spacial score (nSPS) is 20.3. The van der Waals surface area contributed by atoms with Crippen LogP contribution in [0.2, 0.25) is 0 Å². The highest BCUT2D eigenvalue weighted by atomic mass is 32.1. The van der Waals surface area contributed by atoms with Crippen molar-refractivity contribution in [3.05, 3.63) is 35.2 Å². The van der Waals surface area contributed by atoms with Crippen LogP contribution in [-0.4, -0.2) is 36.5 Å². The zero-order valence-corrected chi connectivity index (χ0v) is 11.2. The number of nitrogens with one attached hydrogen (secondary N) is 1. The van der Waals surface area contributed by atoms with Crippen LogP contribution >= 0.6 is 11.3 Å². The van der Waals surface area contributed by atoms with Gasteiger partial charge in [-0.25, -0.2) is 0 Å². The van der Waals surface area contributed by atoms with E-state index in [2.05, 4.69) is 23.7 Å². The van der Waals surface area contributed by atoms with Crippen molar-refractivity contribution >= 4 is 27.3 Å². The molecular weight excluding hydrogens is 244 g/mol. The van der Waals surface area contributed by atoms with Crippen molar-refractivity contribution < 1.29 is 4.79 Å². The smallest absolute Gasteiger partial charge is 0.254 e. The van der Waals surface area contributed by atoms with Crippen molar-refractivity contribution in [1.29, 1.82) is 0 Å². The summed E-state index contributed by atoms with van der Waals surface area (Å²) in [5, 5.41) is 6.53. The van der Waals surface area contributed by atoms with Crippen molar-refractivity contribution in [3.63, 3.8) is 0 Å². The van der Waals surface area contributed by atoms with Crippen LogP contribution in [0.3, 0.4) is 0 Å². The van der Waals surface area contributed by atoms with Crippen molar-refractivity contribution in [1.82, 2.24) is 10.2 Å². The first-order chi connectivity index (χ1) is 8.75. The second-order valence-corrected chi connectivity index (χ2v) is 5.67. The highest BCUT2D eigenvalue weighted by Crippen LogP contribution is 2.22. The van der Waals surface area contributed by atoms with E-state index < -0.39 is 0 Å². The first kappa shape index (κ1) is 11.7. The van der Waals surface area contributed by atoms with Gasteiger partial charge in [0.2, 0.25) is 0 Å². The molecule has 94 valence electrons. The van der Waals surface area contributed by atoms with Crippen LogP contribution in [0.5, 0.6) is 0 Å². The van der Waals surface area contributed by atoms with Crippen LogP contribution < -0.4 is 5.32 Å². The zero-order chi connectivity index (χ0) is 12.5. The molecule has 1 atom stereocenters. The Bertz CT molecular complexity index is 578. The number of amides is 1. The van der Waals surface area contributed by atoms with Crippen LogP contribution in [0, 0.1) is 0 Å². The summed E-state index contributed by atoms with van der Waals surface area (Å²) in [5.41, 5.74) is 0.801. The largest absolute Gasteiger partial charge is 0.333 e. The lowest BCUT2D eigenvalue weighted by atomic mass is 10.1. The number of piperazine rings is 1. The van der Waals surface area contributed by atoms with Crippen LogP contribution in [0.1, 0.15) is 17.3 Å². The number of hydrogen-bond donors (Lipinski definition) is 1. The van der Waals surface area contributed by atoms with Crippen molar-refractivity contribution in [2.24, 2.45) is 0 Å². The van der Waals surface area contributed by atoms with Gasteiger partial charge in [-0.05, 0) is 42.0 Å². The predicted octanol–water partition coefficient (Wildman–Crippen LogP) is 2.34. The molecule has 0 saturated carbocycles. The summed E-state index contributed by atoms with van der Waals surface area (Å²) >= 11 is 1.71. The Morgan fingerprint density at radius 3 is 3.17 bits per heavy atom. The van der Waals surface area contributed by atoms with Gasteiger partial charge in [0.1, 0.15) is 0 Å². The highest BCUT2D eigenvalue weighted by molar-refractivity contribution is 7.17. The van der Waals surface area contributed by atoms with Crippen molar-refractivity contribution in [2.75, 3.05) is 19.6 Å². The van der Waals surface area contributed by atoms with E-state index in [1.807, 2.05) is 23.1 Å². The van der Waals surface area contributed by atoms with E-state index in [1.165, 1.54) is 4.70 Å². The minimum absolute atomic E-state index is 0.150. The van der Waals surface area contributed by atoms with E-state index in [9.17, 15) is 4.79 Å². The maximum Gasteiger partial charge on any atom is 0.254 e. The Hall–Kier alpha value is -1.39. The number of thiophene rings is 1. The van der Waals surface area contributed by atoms with Crippen molar-refractivity contribution in [2.45, 2.75) is 13.0 Å². The molecule has 1 saturated heterocycles. The van der Waals surface area contributed by atoms with Gasteiger partial charge < -0.3 is 10.2 Å². The van der Waals surface area contributed by atoms with E-state index in [0.29, 0.717) is 0 Å². The first-order valence-electron chi connectivity index (χ1n) is 6.24. The third kappa shape index (κ3) is 2.02. The highest BCUT2D eigenvalue weighted by Gasteiger charge is 2.23. The first-order valence-corrected chi connectivity index (χ1v) is 7.12. The fourth-order valence-corrected chi connectivity index (χ4v) is 3.18. The molecule has 4 heteroatoms. The molecule has 0 bridgehead atoms. The molecule has 0 radical (unpaired) electrons. The van der Waals surface area contributed by atoms with E-state index in [1.54, 1.807) is 11.3 Å². The van der Waals surface area contributed by atoms with Gasteiger partial charge in [0.15, 0.2) is 0 Å². The molecule has 1 aliphatic heterocycles. The van der Waals surface area contributed by atoms with E-state index in [0.717, 1.165) is 30.6 Å². The molecule has 1 aromatic carbocycles. The predicted molar refractivity (Wildman–Crippen MR) is 75.2 cm³/mol. The molecule has 1 fully saturated rings.